The first kappa shape index (κ1) is 15.2. The van der Waals surface area contributed by atoms with Crippen LogP contribution in [-0.4, -0.2) is 70.7 Å². The summed E-state index contributed by atoms with van der Waals surface area (Å²) in [5, 5.41) is 2.97. The van der Waals surface area contributed by atoms with E-state index in [2.05, 4.69) is 44.2 Å². The molecule has 0 saturated carbocycles. The molecule has 0 aliphatic carbocycles. The number of rotatable bonds is 7. The summed E-state index contributed by atoms with van der Waals surface area (Å²) in [4.78, 5) is 21.5. The minimum Gasteiger partial charge on any atom is -0.357 e. The summed E-state index contributed by atoms with van der Waals surface area (Å²) in [7, 11) is 7.92. The van der Waals surface area contributed by atoms with Gasteiger partial charge in [-0.15, -0.1) is 0 Å². The standard InChI is InChI=1S/C13H22N8/c1-14-11-16-12(20(4)8-5-7-19(2)3)18-13(17-11)21-9-6-15-10-21/h6,9-10H,5,7-8H2,1-4H3,(H,14,16,17,18). The van der Waals surface area contributed by atoms with Crippen LogP contribution in [0.15, 0.2) is 18.7 Å². The van der Waals surface area contributed by atoms with Crippen molar-refractivity contribution in [2.24, 2.45) is 0 Å². The van der Waals surface area contributed by atoms with Gasteiger partial charge < -0.3 is 15.1 Å². The lowest BCUT2D eigenvalue weighted by molar-refractivity contribution is 0.401. The molecule has 0 fully saturated rings. The molecule has 114 valence electrons. The van der Waals surface area contributed by atoms with Crippen LogP contribution in [0, 0.1) is 0 Å². The molecule has 2 aromatic heterocycles. The highest BCUT2D eigenvalue weighted by Gasteiger charge is 2.10. The second-order valence-corrected chi connectivity index (χ2v) is 5.06. The molecule has 0 unspecified atom stereocenters. The van der Waals surface area contributed by atoms with Crippen LogP contribution in [0.3, 0.4) is 0 Å². The minimum absolute atomic E-state index is 0.545. The van der Waals surface area contributed by atoms with Crippen LogP contribution in [0.2, 0.25) is 0 Å². The largest absolute Gasteiger partial charge is 0.357 e. The van der Waals surface area contributed by atoms with Crippen LogP contribution in [-0.2, 0) is 0 Å². The van der Waals surface area contributed by atoms with Crippen LogP contribution >= 0.6 is 0 Å². The predicted molar refractivity (Wildman–Crippen MR) is 82.9 cm³/mol. The molecule has 0 atom stereocenters. The summed E-state index contributed by atoms with van der Waals surface area (Å²) in [5.41, 5.74) is 0. The minimum atomic E-state index is 0.545. The molecule has 2 rings (SSSR count). The zero-order chi connectivity index (χ0) is 15.2. The van der Waals surface area contributed by atoms with Crippen LogP contribution < -0.4 is 10.2 Å². The van der Waals surface area contributed by atoms with Crippen LogP contribution in [0.5, 0.6) is 0 Å². The maximum absolute atomic E-state index is 4.49. The van der Waals surface area contributed by atoms with Gasteiger partial charge in [-0.25, -0.2) is 4.98 Å². The second kappa shape index (κ2) is 6.98. The fourth-order valence-electron chi connectivity index (χ4n) is 1.85. The Bertz CT molecular complexity index is 551. The van der Waals surface area contributed by atoms with Crippen molar-refractivity contribution in [2.75, 3.05) is 51.5 Å². The molecule has 8 nitrogen and oxygen atoms in total. The number of nitrogens with one attached hydrogen (secondary N) is 1. The number of anilines is 2. The molecule has 0 spiro atoms. The van der Waals surface area contributed by atoms with Crippen molar-refractivity contribution >= 4 is 11.9 Å². The molecular formula is C13H22N8. The van der Waals surface area contributed by atoms with E-state index >= 15 is 0 Å². The third-order valence-corrected chi connectivity index (χ3v) is 3.01. The Morgan fingerprint density at radius 2 is 1.95 bits per heavy atom. The SMILES string of the molecule is CNc1nc(N(C)CCCN(C)C)nc(-n2ccnc2)n1. The fourth-order valence-corrected chi connectivity index (χ4v) is 1.85. The van der Waals surface area contributed by atoms with Gasteiger partial charge in [0.15, 0.2) is 0 Å². The Morgan fingerprint density at radius 1 is 1.14 bits per heavy atom. The van der Waals surface area contributed by atoms with Crippen LogP contribution in [0.25, 0.3) is 5.95 Å². The summed E-state index contributed by atoms with van der Waals surface area (Å²) in [6.45, 7) is 1.91. The van der Waals surface area contributed by atoms with E-state index in [9.17, 15) is 0 Å². The lowest BCUT2D eigenvalue weighted by Gasteiger charge is -2.19. The highest BCUT2D eigenvalue weighted by molar-refractivity contribution is 5.39. The quantitative estimate of drug-likeness (QED) is 0.795. The van der Waals surface area contributed by atoms with E-state index in [1.54, 1.807) is 24.1 Å². The second-order valence-electron chi connectivity index (χ2n) is 5.06. The first-order chi connectivity index (χ1) is 10.1. The van der Waals surface area contributed by atoms with Gasteiger partial charge in [-0.3, -0.25) is 4.57 Å². The van der Waals surface area contributed by atoms with Crippen molar-refractivity contribution in [3.05, 3.63) is 18.7 Å². The average molecular weight is 290 g/mol. The van der Waals surface area contributed by atoms with Crippen LogP contribution in [0.1, 0.15) is 6.42 Å². The zero-order valence-corrected chi connectivity index (χ0v) is 13.0. The molecular weight excluding hydrogens is 268 g/mol. The van der Waals surface area contributed by atoms with Crippen molar-refractivity contribution in [2.45, 2.75) is 6.42 Å². The average Bonchev–Trinajstić information content (AvgIpc) is 3.00. The van der Waals surface area contributed by atoms with Crippen molar-refractivity contribution in [3.63, 3.8) is 0 Å². The molecule has 21 heavy (non-hydrogen) atoms. The van der Waals surface area contributed by atoms with E-state index in [4.69, 9.17) is 0 Å². The molecule has 1 N–H and O–H groups in total. The van der Waals surface area contributed by atoms with E-state index < -0.39 is 0 Å². The lowest BCUT2D eigenvalue weighted by atomic mass is 10.4. The summed E-state index contributed by atoms with van der Waals surface area (Å²) in [6.07, 6.45) is 6.23. The normalized spacial score (nSPS) is 10.9. The van der Waals surface area contributed by atoms with Gasteiger partial charge in [0, 0.05) is 33.0 Å². The summed E-state index contributed by atoms with van der Waals surface area (Å²) in [5.74, 6) is 1.75. The van der Waals surface area contributed by atoms with Crippen molar-refractivity contribution in [3.8, 4) is 5.95 Å². The Hall–Kier alpha value is -2.22. The fraction of sp³-hybridized carbons (Fsp3) is 0.538. The van der Waals surface area contributed by atoms with Gasteiger partial charge in [0.25, 0.3) is 0 Å². The Morgan fingerprint density at radius 3 is 2.57 bits per heavy atom. The monoisotopic (exact) mass is 290 g/mol. The summed E-state index contributed by atoms with van der Waals surface area (Å²) in [6, 6.07) is 0. The predicted octanol–water partition coefficient (Wildman–Crippen LogP) is 0.487. The van der Waals surface area contributed by atoms with E-state index in [-0.39, 0.29) is 0 Å². The van der Waals surface area contributed by atoms with E-state index in [1.807, 2.05) is 18.1 Å². The van der Waals surface area contributed by atoms with Crippen molar-refractivity contribution < 1.29 is 0 Å². The maximum atomic E-state index is 4.49. The molecule has 0 aromatic carbocycles. The molecule has 0 radical (unpaired) electrons. The van der Waals surface area contributed by atoms with Gasteiger partial charge in [-0.1, -0.05) is 0 Å². The van der Waals surface area contributed by atoms with Crippen LogP contribution in [0.4, 0.5) is 11.9 Å². The van der Waals surface area contributed by atoms with Gasteiger partial charge >= 0.3 is 0 Å². The molecule has 2 aromatic rings. The van der Waals surface area contributed by atoms with Crippen molar-refractivity contribution in [1.82, 2.24) is 29.4 Å². The maximum Gasteiger partial charge on any atom is 0.241 e. The van der Waals surface area contributed by atoms with Gasteiger partial charge in [-0.2, -0.15) is 15.0 Å². The molecule has 0 bridgehead atoms. The zero-order valence-electron chi connectivity index (χ0n) is 13.0. The molecule has 0 aliphatic rings. The Kier molecular flexibility index (Phi) is 5.04. The number of imidazole rings is 1. The Balaban J connectivity index is 2.16. The van der Waals surface area contributed by atoms with Crippen molar-refractivity contribution in [1.29, 1.82) is 0 Å². The number of nitrogens with zero attached hydrogens (tertiary/aromatic N) is 7. The molecule has 2 heterocycles. The molecule has 8 heteroatoms. The number of aromatic nitrogens is 5. The van der Waals surface area contributed by atoms with E-state index in [1.165, 1.54) is 0 Å². The third-order valence-electron chi connectivity index (χ3n) is 3.01. The van der Waals surface area contributed by atoms with Gasteiger partial charge in [0.05, 0.1) is 0 Å². The third kappa shape index (κ3) is 4.12. The van der Waals surface area contributed by atoms with Gasteiger partial charge in [-0.05, 0) is 27.1 Å². The highest BCUT2D eigenvalue weighted by Crippen LogP contribution is 2.12. The first-order valence-corrected chi connectivity index (χ1v) is 6.88. The lowest BCUT2D eigenvalue weighted by Crippen LogP contribution is -2.25. The van der Waals surface area contributed by atoms with E-state index in [0.29, 0.717) is 17.8 Å². The molecule has 0 amide bonds. The highest BCUT2D eigenvalue weighted by atomic mass is 15.3. The molecule has 0 aliphatic heterocycles. The summed E-state index contributed by atoms with van der Waals surface area (Å²) >= 11 is 0. The Labute approximate surface area is 124 Å². The topological polar surface area (TPSA) is 75.0 Å². The first-order valence-electron chi connectivity index (χ1n) is 6.88. The summed E-state index contributed by atoms with van der Waals surface area (Å²) < 4.78 is 1.76. The number of hydrogen-bond acceptors (Lipinski definition) is 7. The van der Waals surface area contributed by atoms with Gasteiger partial charge in [0.2, 0.25) is 17.8 Å². The number of hydrogen-bond donors (Lipinski definition) is 1. The van der Waals surface area contributed by atoms with Gasteiger partial charge in [0.1, 0.15) is 6.33 Å². The smallest absolute Gasteiger partial charge is 0.241 e. The molecule has 0 saturated heterocycles. The van der Waals surface area contributed by atoms with E-state index in [0.717, 1.165) is 19.5 Å².